The lowest BCUT2D eigenvalue weighted by molar-refractivity contribution is -0.119. The normalized spacial score (nSPS) is 32.9. The summed E-state index contributed by atoms with van der Waals surface area (Å²) in [5.74, 6) is 0.338. The van der Waals surface area contributed by atoms with E-state index in [1.165, 1.54) is 86.1 Å². The number of nitrogens with zero attached hydrogens (tertiary/aromatic N) is 6. The third-order valence-corrected chi connectivity index (χ3v) is 11.7. The van der Waals surface area contributed by atoms with Gasteiger partial charge in [0, 0.05) is 32.2 Å². The number of amidine groups is 1. The van der Waals surface area contributed by atoms with Gasteiger partial charge in [-0.25, -0.2) is 14.2 Å². The third kappa shape index (κ3) is 9.27. The molecular formula is C31H52N9O9P. The van der Waals surface area contributed by atoms with Crippen molar-refractivity contribution in [2.24, 2.45) is 15.0 Å². The van der Waals surface area contributed by atoms with Crippen molar-refractivity contribution in [1.82, 2.24) is 25.1 Å². The van der Waals surface area contributed by atoms with Gasteiger partial charge in [-0.2, -0.15) is 4.99 Å². The molecule has 1 amide bonds. The molecule has 0 aromatic rings. The van der Waals surface area contributed by atoms with Crippen molar-refractivity contribution in [2.45, 2.75) is 107 Å². The number of fused-ring (bicyclic) bond motifs is 1. The maximum absolute atomic E-state index is 12.4. The van der Waals surface area contributed by atoms with Crippen LogP contribution in [0, 0.1) is 5.41 Å². The number of nitrogens with one attached hydrogen (secondary N) is 3. The van der Waals surface area contributed by atoms with Crippen molar-refractivity contribution < 1.29 is 43.2 Å². The van der Waals surface area contributed by atoms with Crippen LogP contribution < -0.4 is 10.6 Å². The van der Waals surface area contributed by atoms with Crippen LogP contribution >= 0.6 is 7.75 Å². The van der Waals surface area contributed by atoms with Crippen molar-refractivity contribution >= 4 is 37.7 Å². The van der Waals surface area contributed by atoms with Crippen molar-refractivity contribution in [2.75, 3.05) is 59.2 Å². The Morgan fingerprint density at radius 3 is 2.32 bits per heavy atom. The Kier molecular flexibility index (Phi) is 12.9. The van der Waals surface area contributed by atoms with E-state index in [2.05, 4.69) is 25.5 Å². The number of guanidine groups is 2. The highest BCUT2D eigenvalue weighted by Crippen LogP contribution is 2.47. The van der Waals surface area contributed by atoms with Crippen LogP contribution in [0.15, 0.2) is 15.0 Å². The fourth-order valence-electron chi connectivity index (χ4n) is 7.19. The summed E-state index contributed by atoms with van der Waals surface area (Å²) in [5.41, 5.74) is 0. The summed E-state index contributed by atoms with van der Waals surface area (Å²) in [4.78, 5) is 38.7. The number of aliphatic hydroxyl groups is 2. The zero-order valence-corrected chi connectivity index (χ0v) is 29.4. The van der Waals surface area contributed by atoms with Gasteiger partial charge in [-0.15, -0.1) is 0 Å². The summed E-state index contributed by atoms with van der Waals surface area (Å²) in [7, 11) is -4.12. The van der Waals surface area contributed by atoms with Crippen LogP contribution in [0.5, 0.6) is 0 Å². The number of rotatable bonds is 7. The molecule has 6 N–H and O–H groups in total. The highest BCUT2D eigenvalue weighted by Gasteiger charge is 2.50. The van der Waals surface area contributed by atoms with E-state index in [0.717, 1.165) is 26.3 Å². The number of hydrogen-bond acceptors (Lipinski definition) is 12. The van der Waals surface area contributed by atoms with Gasteiger partial charge in [0.1, 0.15) is 18.3 Å². The van der Waals surface area contributed by atoms with Crippen LogP contribution in [-0.4, -0.2) is 161 Å². The number of aliphatic hydroxyl groups excluding tert-OH is 2. The van der Waals surface area contributed by atoms with E-state index >= 15 is 0 Å². The Labute approximate surface area is 292 Å². The molecule has 5 fully saturated rings. The Morgan fingerprint density at radius 1 is 1.00 bits per heavy atom. The van der Waals surface area contributed by atoms with E-state index in [9.17, 15) is 24.5 Å². The molecule has 0 radical (unpaired) electrons. The summed E-state index contributed by atoms with van der Waals surface area (Å²) in [6, 6.07) is 0.211. The molecule has 5 heterocycles. The topological polar surface area (TPSA) is 226 Å². The molecule has 50 heavy (non-hydrogen) atoms. The summed E-state index contributed by atoms with van der Waals surface area (Å²) in [6.07, 6.45) is 9.55. The van der Waals surface area contributed by atoms with Gasteiger partial charge >= 0.3 is 7.75 Å². The van der Waals surface area contributed by atoms with E-state index in [1.807, 2.05) is 0 Å². The monoisotopic (exact) mass is 725 g/mol. The molecule has 7 rings (SSSR count). The first kappa shape index (κ1) is 37.2. The maximum Gasteiger partial charge on any atom is 0.405 e. The molecule has 3 saturated heterocycles. The minimum Gasteiger partial charge on any atom is -0.387 e. The van der Waals surface area contributed by atoms with E-state index in [0.29, 0.717) is 25.3 Å². The molecule has 280 valence electrons. The number of ether oxygens (including phenoxy) is 3. The zero-order chi connectivity index (χ0) is 35.1. The number of carbonyl (C=O) groups excluding carboxylic acids is 1. The second kappa shape index (κ2) is 17.3. The first-order valence-corrected chi connectivity index (χ1v) is 19.5. The van der Waals surface area contributed by atoms with Crippen molar-refractivity contribution in [3.63, 3.8) is 0 Å². The molecule has 2 aliphatic carbocycles. The third-order valence-electron chi connectivity index (χ3n) is 10.1. The quantitative estimate of drug-likeness (QED) is 0.116. The summed E-state index contributed by atoms with van der Waals surface area (Å²) in [6.45, 7) is 4.29. The van der Waals surface area contributed by atoms with Gasteiger partial charge in [-0.05, 0) is 25.7 Å². The van der Waals surface area contributed by atoms with Crippen molar-refractivity contribution in [1.29, 1.82) is 5.41 Å². The number of aliphatic imine (C=N–C) groups is 3. The average molecular weight is 726 g/mol. The minimum atomic E-state index is -4.12. The first-order valence-electron chi connectivity index (χ1n) is 18.0. The standard InChI is InChI=1S/C17H31N3O.C14H21N6O8P/c1-3-7-15(8-4-1)18-17(20-11-13-21-14-12-20)19-16-9-5-2-6-10-16;15-14-17-11-8(12(23)18-14)16-6-20(11)13-10(22)9(21)7(28-13)5-27-29(24,25)19-1-3-26-4-2-19/h15-16H,1-14H2,(H,18,19);6-10,13,21-22H,1-5H2,(H,24,25)(H2,15,18,23). The number of hydrogen-bond donors (Lipinski definition) is 6. The second-order valence-corrected chi connectivity index (χ2v) is 15.4. The van der Waals surface area contributed by atoms with E-state index in [4.69, 9.17) is 29.1 Å². The van der Waals surface area contributed by atoms with Gasteiger partial charge in [0.2, 0.25) is 5.96 Å². The van der Waals surface area contributed by atoms with E-state index in [-0.39, 0.29) is 24.9 Å². The van der Waals surface area contributed by atoms with Crippen molar-refractivity contribution in [3.8, 4) is 0 Å². The van der Waals surface area contributed by atoms with Crippen molar-refractivity contribution in [3.05, 3.63) is 0 Å². The zero-order valence-electron chi connectivity index (χ0n) is 28.5. The highest BCUT2D eigenvalue weighted by molar-refractivity contribution is 7.50. The molecule has 6 atom stereocenters. The lowest BCUT2D eigenvalue weighted by Crippen LogP contribution is -2.53. The van der Waals surface area contributed by atoms with Gasteiger partial charge in [0.25, 0.3) is 5.91 Å². The molecule has 5 aliphatic heterocycles. The van der Waals surface area contributed by atoms with Crippen LogP contribution in [0.1, 0.15) is 64.2 Å². The predicted octanol–water partition coefficient (Wildman–Crippen LogP) is -0.0125. The molecule has 0 aromatic carbocycles. The molecule has 0 bridgehead atoms. The molecule has 0 aromatic heterocycles. The molecule has 18 nitrogen and oxygen atoms in total. The molecule has 6 unspecified atom stereocenters. The number of carbonyl (C=O) groups is 1. The Bertz CT molecular complexity index is 1310. The average Bonchev–Trinajstić information content (AvgIpc) is 3.68. The van der Waals surface area contributed by atoms with Gasteiger partial charge in [0.05, 0.1) is 45.4 Å². The first-order chi connectivity index (χ1) is 24.2. The van der Waals surface area contributed by atoms with Gasteiger partial charge < -0.3 is 39.5 Å². The van der Waals surface area contributed by atoms with Crippen LogP contribution in [0.25, 0.3) is 0 Å². The Balaban J connectivity index is 0.000000182. The molecule has 19 heteroatoms. The van der Waals surface area contributed by atoms with Crippen LogP contribution in [-0.2, 0) is 28.1 Å². The highest BCUT2D eigenvalue weighted by atomic mass is 31.2. The Morgan fingerprint density at radius 2 is 1.64 bits per heavy atom. The number of amides is 1. The largest absolute Gasteiger partial charge is 0.405 e. The molecule has 2 saturated carbocycles. The van der Waals surface area contributed by atoms with Crippen LogP contribution in [0.3, 0.4) is 0 Å². The van der Waals surface area contributed by atoms with Gasteiger partial charge in [0.15, 0.2) is 24.1 Å². The molecular weight excluding hydrogens is 673 g/mol. The van der Waals surface area contributed by atoms with Crippen LogP contribution in [0.2, 0.25) is 0 Å². The van der Waals surface area contributed by atoms with E-state index in [1.54, 1.807) is 0 Å². The molecule has 0 spiro atoms. The summed E-state index contributed by atoms with van der Waals surface area (Å²) >= 11 is 0. The fourth-order valence-corrected chi connectivity index (χ4v) is 8.36. The fraction of sp³-hybridized carbons (Fsp3) is 0.839. The predicted molar refractivity (Wildman–Crippen MR) is 183 cm³/mol. The summed E-state index contributed by atoms with van der Waals surface area (Å²) in [5, 5.41) is 34.3. The number of morpholine rings is 2. The molecule has 7 aliphatic rings. The lowest BCUT2D eigenvalue weighted by Gasteiger charge is -2.34. The summed E-state index contributed by atoms with van der Waals surface area (Å²) < 4.78 is 35.0. The van der Waals surface area contributed by atoms with Gasteiger partial charge in [-0.1, -0.05) is 38.5 Å². The van der Waals surface area contributed by atoms with Gasteiger partial charge in [-0.3, -0.25) is 29.9 Å². The minimum absolute atomic E-state index is 0.0812. The lowest BCUT2D eigenvalue weighted by atomic mass is 9.95. The SMILES string of the molecule is C1CCC(N=C(NC2CCCCC2)N2CCOCC2)CC1.N=C1N=C2C(N=CN2C2OC(COP(=O)(O)N3CCOCC3)C(O)C2O)C(=O)N1. The van der Waals surface area contributed by atoms with Crippen LogP contribution in [0.4, 0.5) is 0 Å². The smallest absolute Gasteiger partial charge is 0.387 e. The van der Waals surface area contributed by atoms with E-state index < -0.39 is 50.8 Å². The second-order valence-electron chi connectivity index (χ2n) is 13.6. The maximum atomic E-state index is 12.4. The Hall–Kier alpha value is -2.54.